The summed E-state index contributed by atoms with van der Waals surface area (Å²) >= 11 is 0. The molecule has 0 aromatic carbocycles. The van der Waals surface area contributed by atoms with Crippen molar-refractivity contribution in [2.45, 2.75) is 45.8 Å². The van der Waals surface area contributed by atoms with Crippen LogP contribution in [-0.2, 0) is 9.47 Å². The molecule has 1 aliphatic carbocycles. The van der Waals surface area contributed by atoms with E-state index in [1.165, 1.54) is 5.57 Å². The second kappa shape index (κ2) is 6.39. The van der Waals surface area contributed by atoms with Crippen molar-refractivity contribution in [2.24, 2.45) is 5.92 Å². The van der Waals surface area contributed by atoms with Crippen molar-refractivity contribution in [3.63, 3.8) is 0 Å². The zero-order chi connectivity index (χ0) is 13.8. The van der Waals surface area contributed by atoms with Crippen LogP contribution in [-0.4, -0.2) is 32.4 Å². The van der Waals surface area contributed by atoms with Crippen LogP contribution in [0.25, 0.3) is 0 Å². The molecule has 0 bridgehead atoms. The molecule has 0 saturated heterocycles. The Labute approximate surface area is 111 Å². The average Bonchev–Trinajstić information content (AvgIpc) is 2.26. The van der Waals surface area contributed by atoms with Crippen LogP contribution in [0.4, 0.5) is 0 Å². The maximum atomic E-state index is 5.46. The Bertz CT molecular complexity index is 326. The topological polar surface area (TPSA) is 30.5 Å². The third-order valence-electron chi connectivity index (χ3n) is 3.12. The standard InChI is InChI=1S/C15H27NO2/c1-11-9-12(7-8-16-15(2,3)4)10-13(17-5)14(11)18-6/h9-11,14,16H,7-8H2,1-6H3. The van der Waals surface area contributed by atoms with E-state index in [1.807, 2.05) is 0 Å². The Morgan fingerprint density at radius 3 is 2.44 bits per heavy atom. The van der Waals surface area contributed by atoms with Crippen molar-refractivity contribution < 1.29 is 9.47 Å². The lowest BCUT2D eigenvalue weighted by Crippen LogP contribution is -2.36. The van der Waals surface area contributed by atoms with Crippen LogP contribution < -0.4 is 5.32 Å². The average molecular weight is 253 g/mol. The lowest BCUT2D eigenvalue weighted by atomic mass is 9.92. The van der Waals surface area contributed by atoms with Crippen LogP contribution in [0.2, 0.25) is 0 Å². The van der Waals surface area contributed by atoms with Crippen LogP contribution >= 0.6 is 0 Å². The van der Waals surface area contributed by atoms with Gasteiger partial charge in [-0.2, -0.15) is 0 Å². The number of hydrogen-bond donors (Lipinski definition) is 1. The zero-order valence-corrected chi connectivity index (χ0v) is 12.5. The summed E-state index contributed by atoms with van der Waals surface area (Å²) in [7, 11) is 3.44. The molecule has 2 atom stereocenters. The maximum Gasteiger partial charge on any atom is 0.125 e. The van der Waals surface area contributed by atoms with Gasteiger partial charge in [-0.05, 0) is 45.4 Å². The van der Waals surface area contributed by atoms with Gasteiger partial charge in [0.15, 0.2) is 0 Å². The molecule has 0 heterocycles. The number of rotatable bonds is 5. The van der Waals surface area contributed by atoms with E-state index >= 15 is 0 Å². The third kappa shape index (κ3) is 4.46. The summed E-state index contributed by atoms with van der Waals surface area (Å²) in [5.41, 5.74) is 1.49. The van der Waals surface area contributed by atoms with E-state index in [0.717, 1.165) is 18.7 Å². The van der Waals surface area contributed by atoms with Crippen molar-refractivity contribution in [3.05, 3.63) is 23.5 Å². The molecule has 18 heavy (non-hydrogen) atoms. The first kappa shape index (κ1) is 15.3. The summed E-state index contributed by atoms with van der Waals surface area (Å²) in [5, 5.41) is 3.50. The van der Waals surface area contributed by atoms with Crippen LogP contribution in [0.15, 0.2) is 23.5 Å². The van der Waals surface area contributed by atoms with Gasteiger partial charge in [0, 0.05) is 18.6 Å². The molecule has 0 amide bonds. The van der Waals surface area contributed by atoms with E-state index in [9.17, 15) is 0 Å². The highest BCUT2D eigenvalue weighted by Crippen LogP contribution is 2.27. The molecule has 0 aliphatic heterocycles. The van der Waals surface area contributed by atoms with E-state index in [1.54, 1.807) is 14.2 Å². The predicted molar refractivity (Wildman–Crippen MR) is 75.5 cm³/mol. The summed E-state index contributed by atoms with van der Waals surface area (Å²) in [6.45, 7) is 9.69. The maximum absolute atomic E-state index is 5.46. The van der Waals surface area contributed by atoms with Gasteiger partial charge in [-0.1, -0.05) is 13.0 Å². The van der Waals surface area contributed by atoms with Gasteiger partial charge < -0.3 is 14.8 Å². The zero-order valence-electron chi connectivity index (χ0n) is 12.5. The van der Waals surface area contributed by atoms with Gasteiger partial charge >= 0.3 is 0 Å². The number of allylic oxidation sites excluding steroid dienone is 1. The van der Waals surface area contributed by atoms with Gasteiger partial charge in [-0.3, -0.25) is 0 Å². The molecule has 0 spiro atoms. The van der Waals surface area contributed by atoms with E-state index in [-0.39, 0.29) is 11.6 Å². The quantitative estimate of drug-likeness (QED) is 0.817. The van der Waals surface area contributed by atoms with Gasteiger partial charge in [0.25, 0.3) is 0 Å². The molecule has 0 saturated carbocycles. The van der Waals surface area contributed by atoms with Gasteiger partial charge in [-0.25, -0.2) is 0 Å². The van der Waals surface area contributed by atoms with Gasteiger partial charge in [-0.15, -0.1) is 0 Å². The Balaban J connectivity index is 2.59. The summed E-state index contributed by atoms with van der Waals surface area (Å²) in [6, 6.07) is 0. The fourth-order valence-electron chi connectivity index (χ4n) is 2.24. The molecular weight excluding hydrogens is 226 g/mol. The summed E-state index contributed by atoms with van der Waals surface area (Å²) in [5.74, 6) is 1.29. The van der Waals surface area contributed by atoms with Crippen LogP contribution in [0.1, 0.15) is 34.1 Å². The van der Waals surface area contributed by atoms with Crippen LogP contribution in [0.3, 0.4) is 0 Å². The Kier molecular flexibility index (Phi) is 5.42. The molecule has 1 rings (SSSR count). The first-order chi connectivity index (χ1) is 8.37. The monoisotopic (exact) mass is 253 g/mol. The number of ether oxygens (including phenoxy) is 2. The molecule has 0 radical (unpaired) electrons. The molecule has 104 valence electrons. The first-order valence-corrected chi connectivity index (χ1v) is 6.61. The van der Waals surface area contributed by atoms with Crippen molar-refractivity contribution in [3.8, 4) is 0 Å². The third-order valence-corrected chi connectivity index (χ3v) is 3.12. The molecule has 1 N–H and O–H groups in total. The van der Waals surface area contributed by atoms with Gasteiger partial charge in [0.05, 0.1) is 7.11 Å². The van der Waals surface area contributed by atoms with E-state index in [2.05, 4.69) is 45.2 Å². The lowest BCUT2D eigenvalue weighted by Gasteiger charge is -2.27. The fourth-order valence-corrected chi connectivity index (χ4v) is 2.24. The Morgan fingerprint density at radius 1 is 1.28 bits per heavy atom. The minimum absolute atomic E-state index is 0.0503. The highest BCUT2D eigenvalue weighted by atomic mass is 16.5. The van der Waals surface area contributed by atoms with Crippen LogP contribution in [0.5, 0.6) is 0 Å². The normalized spacial score (nSPS) is 24.6. The molecule has 1 aliphatic rings. The van der Waals surface area contributed by atoms with Crippen molar-refractivity contribution in [1.29, 1.82) is 0 Å². The van der Waals surface area contributed by atoms with Crippen molar-refractivity contribution >= 4 is 0 Å². The Morgan fingerprint density at radius 2 is 1.94 bits per heavy atom. The molecule has 3 nitrogen and oxygen atoms in total. The molecule has 0 aromatic rings. The second-order valence-corrected chi connectivity index (χ2v) is 5.93. The molecular formula is C15H27NO2. The van der Waals surface area contributed by atoms with E-state index in [0.29, 0.717) is 5.92 Å². The molecule has 0 fully saturated rings. The van der Waals surface area contributed by atoms with E-state index < -0.39 is 0 Å². The lowest BCUT2D eigenvalue weighted by molar-refractivity contribution is 0.0530. The highest BCUT2D eigenvalue weighted by Gasteiger charge is 2.24. The molecule has 2 unspecified atom stereocenters. The number of methoxy groups -OCH3 is 2. The SMILES string of the molecule is COC1=CC(CCNC(C)(C)C)=CC(C)C1OC. The predicted octanol–water partition coefficient (Wildman–Crippen LogP) is 2.89. The number of nitrogens with one attached hydrogen (secondary N) is 1. The summed E-state index contributed by atoms with van der Waals surface area (Å²) in [6.07, 6.45) is 5.46. The number of hydrogen-bond acceptors (Lipinski definition) is 3. The fraction of sp³-hybridized carbons (Fsp3) is 0.733. The van der Waals surface area contributed by atoms with Gasteiger partial charge in [0.1, 0.15) is 11.9 Å². The van der Waals surface area contributed by atoms with Crippen molar-refractivity contribution in [1.82, 2.24) is 5.32 Å². The summed E-state index contributed by atoms with van der Waals surface area (Å²) < 4.78 is 10.9. The second-order valence-electron chi connectivity index (χ2n) is 5.93. The molecule has 0 aromatic heterocycles. The van der Waals surface area contributed by atoms with Crippen LogP contribution in [0, 0.1) is 5.92 Å². The van der Waals surface area contributed by atoms with E-state index in [4.69, 9.17) is 9.47 Å². The van der Waals surface area contributed by atoms with Gasteiger partial charge in [0.2, 0.25) is 0 Å². The first-order valence-electron chi connectivity index (χ1n) is 6.61. The smallest absolute Gasteiger partial charge is 0.125 e. The largest absolute Gasteiger partial charge is 0.498 e. The minimum atomic E-state index is 0.0503. The Hall–Kier alpha value is -0.800. The highest BCUT2D eigenvalue weighted by molar-refractivity contribution is 5.30. The molecule has 3 heteroatoms. The summed E-state index contributed by atoms with van der Waals surface area (Å²) in [4.78, 5) is 0. The van der Waals surface area contributed by atoms with Crippen molar-refractivity contribution in [2.75, 3.05) is 20.8 Å². The minimum Gasteiger partial charge on any atom is -0.498 e.